The highest BCUT2D eigenvalue weighted by molar-refractivity contribution is 7.89. The molecule has 1 amide bonds. The molecule has 1 aliphatic rings. The van der Waals surface area contributed by atoms with Crippen LogP contribution in [-0.4, -0.2) is 54.3 Å². The molecule has 2 aromatic rings. The smallest absolute Gasteiger partial charge is 0.255 e. The molecule has 162 valence electrons. The number of amides is 1. The van der Waals surface area contributed by atoms with E-state index >= 15 is 0 Å². The SMILES string of the molecule is COc1ccc(S(=O)(=O)N(C)C)cc1NC(=O)c1cccc(S(=O)(=O)NC2CC2)c1. The minimum absolute atomic E-state index is 0.0158. The summed E-state index contributed by atoms with van der Waals surface area (Å²) in [5.74, 6) is -0.337. The van der Waals surface area contributed by atoms with Crippen LogP contribution in [0.5, 0.6) is 5.75 Å². The van der Waals surface area contributed by atoms with E-state index in [-0.39, 0.29) is 32.8 Å². The van der Waals surface area contributed by atoms with Crippen molar-refractivity contribution in [2.24, 2.45) is 0 Å². The number of nitrogens with zero attached hydrogens (tertiary/aromatic N) is 1. The van der Waals surface area contributed by atoms with E-state index in [2.05, 4.69) is 10.0 Å². The van der Waals surface area contributed by atoms with E-state index in [1.807, 2.05) is 0 Å². The van der Waals surface area contributed by atoms with Crippen molar-refractivity contribution in [1.82, 2.24) is 9.03 Å². The Balaban J connectivity index is 1.89. The van der Waals surface area contributed by atoms with Crippen LogP contribution in [0.25, 0.3) is 0 Å². The summed E-state index contributed by atoms with van der Waals surface area (Å²) in [7, 11) is -3.24. The molecule has 0 bridgehead atoms. The lowest BCUT2D eigenvalue weighted by molar-refractivity contribution is 0.102. The molecule has 9 nitrogen and oxygen atoms in total. The Hall–Kier alpha value is -2.47. The molecule has 11 heteroatoms. The summed E-state index contributed by atoms with van der Waals surface area (Å²) < 4.78 is 58.4. The summed E-state index contributed by atoms with van der Waals surface area (Å²) in [6.07, 6.45) is 1.59. The third kappa shape index (κ3) is 4.81. The van der Waals surface area contributed by atoms with Gasteiger partial charge in [0.25, 0.3) is 5.91 Å². The van der Waals surface area contributed by atoms with Gasteiger partial charge in [-0.25, -0.2) is 25.9 Å². The Labute approximate surface area is 176 Å². The van der Waals surface area contributed by atoms with Gasteiger partial charge < -0.3 is 10.1 Å². The maximum absolute atomic E-state index is 12.7. The van der Waals surface area contributed by atoms with Crippen LogP contribution >= 0.6 is 0 Å². The summed E-state index contributed by atoms with van der Waals surface area (Å²) in [5.41, 5.74) is 0.256. The van der Waals surface area contributed by atoms with Gasteiger partial charge in [0.05, 0.1) is 22.6 Å². The summed E-state index contributed by atoms with van der Waals surface area (Å²) in [5, 5.41) is 2.60. The molecule has 1 saturated carbocycles. The van der Waals surface area contributed by atoms with Crippen molar-refractivity contribution in [3.05, 3.63) is 48.0 Å². The number of carbonyl (C=O) groups excluding carboxylic acids is 1. The molecule has 0 unspecified atom stereocenters. The Morgan fingerprint density at radius 3 is 2.33 bits per heavy atom. The maximum atomic E-state index is 12.7. The minimum Gasteiger partial charge on any atom is -0.495 e. The summed E-state index contributed by atoms with van der Waals surface area (Å²) in [6.45, 7) is 0. The first-order valence-corrected chi connectivity index (χ1v) is 12.0. The lowest BCUT2D eigenvalue weighted by Gasteiger charge is -2.15. The molecule has 3 rings (SSSR count). The number of benzene rings is 2. The topological polar surface area (TPSA) is 122 Å². The highest BCUT2D eigenvalue weighted by atomic mass is 32.2. The van der Waals surface area contributed by atoms with Crippen molar-refractivity contribution in [3.63, 3.8) is 0 Å². The third-order valence-electron chi connectivity index (χ3n) is 4.50. The van der Waals surface area contributed by atoms with Crippen LogP contribution in [0.1, 0.15) is 23.2 Å². The van der Waals surface area contributed by atoms with Gasteiger partial charge in [0.2, 0.25) is 20.0 Å². The van der Waals surface area contributed by atoms with Crippen LogP contribution in [0.2, 0.25) is 0 Å². The molecule has 30 heavy (non-hydrogen) atoms. The molecule has 0 saturated heterocycles. The second kappa shape index (κ2) is 8.34. The monoisotopic (exact) mass is 453 g/mol. The lowest BCUT2D eigenvalue weighted by Crippen LogP contribution is -2.26. The van der Waals surface area contributed by atoms with Crippen LogP contribution in [0, 0.1) is 0 Å². The van der Waals surface area contributed by atoms with Gasteiger partial charge >= 0.3 is 0 Å². The number of anilines is 1. The van der Waals surface area contributed by atoms with Gasteiger partial charge in [-0.05, 0) is 49.2 Å². The van der Waals surface area contributed by atoms with Crippen molar-refractivity contribution in [1.29, 1.82) is 0 Å². The van der Waals surface area contributed by atoms with E-state index in [0.717, 1.165) is 17.1 Å². The zero-order chi connectivity index (χ0) is 22.1. The number of hydrogen-bond donors (Lipinski definition) is 2. The summed E-state index contributed by atoms with van der Waals surface area (Å²) in [6, 6.07) is 9.67. The second-order valence-electron chi connectivity index (χ2n) is 7.03. The quantitative estimate of drug-likeness (QED) is 0.627. The van der Waals surface area contributed by atoms with Gasteiger partial charge in [-0.1, -0.05) is 6.07 Å². The number of nitrogens with one attached hydrogen (secondary N) is 2. The van der Waals surface area contributed by atoms with E-state index in [1.165, 1.54) is 63.7 Å². The van der Waals surface area contributed by atoms with E-state index in [0.29, 0.717) is 0 Å². The predicted octanol–water partition coefficient (Wildman–Crippen LogP) is 1.64. The summed E-state index contributed by atoms with van der Waals surface area (Å²) >= 11 is 0. The standard InChI is InChI=1S/C19H23N3O6S2/c1-22(2)30(26,27)16-9-10-18(28-3)17(12-16)20-19(23)13-5-4-6-15(11-13)29(24,25)21-14-7-8-14/h4-6,9-12,14,21H,7-8H2,1-3H3,(H,20,23). The zero-order valence-electron chi connectivity index (χ0n) is 16.7. The Bertz CT molecular complexity index is 1170. The molecule has 0 spiro atoms. The number of carbonyl (C=O) groups is 1. The molecule has 0 radical (unpaired) electrons. The highest BCUT2D eigenvalue weighted by Gasteiger charge is 2.28. The van der Waals surface area contributed by atoms with Gasteiger partial charge in [0, 0.05) is 25.7 Å². The van der Waals surface area contributed by atoms with Crippen LogP contribution in [0.4, 0.5) is 5.69 Å². The number of methoxy groups -OCH3 is 1. The molecule has 1 aliphatic carbocycles. The first-order chi connectivity index (χ1) is 14.0. The maximum Gasteiger partial charge on any atom is 0.255 e. The molecule has 0 atom stereocenters. The van der Waals surface area contributed by atoms with Crippen molar-refractivity contribution < 1.29 is 26.4 Å². The van der Waals surface area contributed by atoms with Crippen LogP contribution < -0.4 is 14.8 Å². The molecule has 2 aromatic carbocycles. The Kier molecular flexibility index (Phi) is 6.18. The fourth-order valence-electron chi connectivity index (χ4n) is 2.64. The van der Waals surface area contributed by atoms with E-state index < -0.39 is 26.0 Å². The van der Waals surface area contributed by atoms with Gasteiger partial charge in [-0.2, -0.15) is 0 Å². The molecular weight excluding hydrogens is 430 g/mol. The second-order valence-corrected chi connectivity index (χ2v) is 10.9. The van der Waals surface area contributed by atoms with Crippen molar-refractivity contribution in [3.8, 4) is 5.75 Å². The average molecular weight is 454 g/mol. The average Bonchev–Trinajstić information content (AvgIpc) is 3.51. The van der Waals surface area contributed by atoms with Crippen LogP contribution in [-0.2, 0) is 20.0 Å². The number of ether oxygens (including phenoxy) is 1. The largest absolute Gasteiger partial charge is 0.495 e. The highest BCUT2D eigenvalue weighted by Crippen LogP contribution is 2.29. The van der Waals surface area contributed by atoms with Gasteiger partial charge in [0.15, 0.2) is 0 Å². The molecule has 0 aromatic heterocycles. The predicted molar refractivity (Wildman–Crippen MR) is 112 cm³/mol. The van der Waals surface area contributed by atoms with Gasteiger partial charge in [0.1, 0.15) is 5.75 Å². The Morgan fingerprint density at radius 1 is 1.03 bits per heavy atom. The first-order valence-electron chi connectivity index (χ1n) is 9.09. The van der Waals surface area contributed by atoms with Crippen molar-refractivity contribution in [2.45, 2.75) is 28.7 Å². The van der Waals surface area contributed by atoms with Gasteiger partial charge in [-0.15, -0.1) is 0 Å². The third-order valence-corrected chi connectivity index (χ3v) is 7.83. The Morgan fingerprint density at radius 2 is 1.73 bits per heavy atom. The fourth-order valence-corrected chi connectivity index (χ4v) is 4.92. The molecule has 2 N–H and O–H groups in total. The van der Waals surface area contributed by atoms with E-state index in [9.17, 15) is 21.6 Å². The lowest BCUT2D eigenvalue weighted by atomic mass is 10.2. The normalized spacial score (nSPS) is 14.5. The molecule has 0 aliphatic heterocycles. The van der Waals surface area contributed by atoms with Crippen LogP contribution in [0.15, 0.2) is 52.3 Å². The van der Waals surface area contributed by atoms with Crippen molar-refractivity contribution in [2.75, 3.05) is 26.5 Å². The first kappa shape index (κ1) is 22.2. The number of rotatable bonds is 8. The molecule has 1 fully saturated rings. The fraction of sp³-hybridized carbons (Fsp3) is 0.316. The molecule has 0 heterocycles. The number of sulfonamides is 2. The van der Waals surface area contributed by atoms with Crippen molar-refractivity contribution >= 4 is 31.6 Å². The van der Waals surface area contributed by atoms with Crippen LogP contribution in [0.3, 0.4) is 0 Å². The number of hydrogen-bond acceptors (Lipinski definition) is 6. The molecular formula is C19H23N3O6S2. The minimum atomic E-state index is -3.72. The van der Waals surface area contributed by atoms with Gasteiger partial charge in [-0.3, -0.25) is 4.79 Å². The van der Waals surface area contributed by atoms with E-state index in [1.54, 1.807) is 0 Å². The summed E-state index contributed by atoms with van der Waals surface area (Å²) in [4.78, 5) is 12.7. The zero-order valence-corrected chi connectivity index (χ0v) is 18.4. The van der Waals surface area contributed by atoms with E-state index in [4.69, 9.17) is 4.74 Å².